The summed E-state index contributed by atoms with van der Waals surface area (Å²) in [4.78, 5) is 10.6. The van der Waals surface area contributed by atoms with E-state index in [1.807, 2.05) is 12.1 Å². The van der Waals surface area contributed by atoms with Gasteiger partial charge in [-0.25, -0.2) is 4.98 Å². The molecule has 4 heterocycles. The van der Waals surface area contributed by atoms with Gasteiger partial charge in [-0.3, -0.25) is 4.40 Å². The lowest BCUT2D eigenvalue weighted by Crippen LogP contribution is -2.26. The topological polar surface area (TPSA) is 59.2 Å². The second-order valence-electron chi connectivity index (χ2n) is 5.95. The van der Waals surface area contributed by atoms with E-state index in [9.17, 15) is 4.39 Å². The summed E-state index contributed by atoms with van der Waals surface area (Å²) in [7, 11) is 0. The van der Waals surface area contributed by atoms with Crippen LogP contribution in [0.15, 0.2) is 41.3 Å². The zero-order chi connectivity index (χ0) is 17.0. The van der Waals surface area contributed by atoms with Gasteiger partial charge in [-0.1, -0.05) is 22.0 Å². The Bertz CT molecular complexity index is 1120. The van der Waals surface area contributed by atoms with Gasteiger partial charge < -0.3 is 4.90 Å². The highest BCUT2D eigenvalue weighted by Crippen LogP contribution is 2.39. The van der Waals surface area contributed by atoms with E-state index in [1.54, 1.807) is 10.7 Å². The first-order chi connectivity index (χ1) is 12.2. The van der Waals surface area contributed by atoms with Gasteiger partial charge in [0.15, 0.2) is 0 Å². The van der Waals surface area contributed by atoms with Gasteiger partial charge in [0.1, 0.15) is 12.1 Å². The van der Waals surface area contributed by atoms with E-state index in [2.05, 4.69) is 47.1 Å². The Balaban J connectivity index is 1.84. The molecule has 0 N–H and O–H groups in total. The average molecular weight is 399 g/mol. The Morgan fingerprint density at radius 2 is 2.16 bits per heavy atom. The van der Waals surface area contributed by atoms with Crippen molar-refractivity contribution in [3.63, 3.8) is 0 Å². The van der Waals surface area contributed by atoms with Crippen molar-refractivity contribution in [3.8, 4) is 0 Å². The summed E-state index contributed by atoms with van der Waals surface area (Å²) in [6.45, 7) is 0.805. The molecule has 4 aromatic rings. The Kier molecular flexibility index (Phi) is 3.21. The van der Waals surface area contributed by atoms with E-state index in [0.29, 0.717) is 17.0 Å². The second-order valence-corrected chi connectivity index (χ2v) is 6.81. The van der Waals surface area contributed by atoms with Crippen molar-refractivity contribution < 1.29 is 4.39 Å². The predicted octanol–water partition coefficient (Wildman–Crippen LogP) is 3.66. The van der Waals surface area contributed by atoms with Crippen molar-refractivity contribution >= 4 is 44.1 Å². The molecule has 25 heavy (non-hydrogen) atoms. The lowest BCUT2D eigenvalue weighted by molar-refractivity contribution is 0.586. The van der Waals surface area contributed by atoms with Crippen LogP contribution in [0.2, 0.25) is 0 Å². The Morgan fingerprint density at radius 3 is 3.08 bits per heavy atom. The van der Waals surface area contributed by atoms with Gasteiger partial charge in [0.2, 0.25) is 5.95 Å². The number of pyridine rings is 1. The number of hydrogen-bond acceptors (Lipinski definition) is 5. The summed E-state index contributed by atoms with van der Waals surface area (Å²) < 4.78 is 16.7. The Labute approximate surface area is 150 Å². The number of nitrogens with zero attached hydrogens (tertiary/aromatic N) is 6. The van der Waals surface area contributed by atoms with Crippen molar-refractivity contribution in [2.45, 2.75) is 12.8 Å². The van der Waals surface area contributed by atoms with Gasteiger partial charge in [-0.2, -0.15) is 9.37 Å². The molecular weight excluding hydrogens is 387 g/mol. The molecule has 0 saturated heterocycles. The molecule has 0 radical (unpaired) electrons. The normalized spacial score (nSPS) is 14.2. The van der Waals surface area contributed by atoms with Crippen LogP contribution >= 0.6 is 15.9 Å². The predicted molar refractivity (Wildman–Crippen MR) is 95.5 cm³/mol. The minimum absolute atomic E-state index is 0.470. The van der Waals surface area contributed by atoms with Gasteiger partial charge >= 0.3 is 0 Å². The molecule has 3 aromatic heterocycles. The van der Waals surface area contributed by atoms with Crippen LogP contribution in [0.25, 0.3) is 16.7 Å². The zero-order valence-electron chi connectivity index (χ0n) is 13.0. The fourth-order valence-electron chi connectivity index (χ4n) is 3.43. The smallest absolute Gasteiger partial charge is 0.257 e. The van der Waals surface area contributed by atoms with Crippen LogP contribution < -0.4 is 4.90 Å². The first kappa shape index (κ1) is 14.7. The maximum absolute atomic E-state index is 13.9. The van der Waals surface area contributed by atoms with Gasteiger partial charge in [0, 0.05) is 28.2 Å². The van der Waals surface area contributed by atoms with Crippen molar-refractivity contribution in [2.24, 2.45) is 0 Å². The maximum Gasteiger partial charge on any atom is 0.257 e. The molecule has 1 aliphatic rings. The first-order valence-corrected chi connectivity index (χ1v) is 8.71. The van der Waals surface area contributed by atoms with Gasteiger partial charge in [0.05, 0.1) is 11.7 Å². The minimum Gasteiger partial charge on any atom is -0.325 e. The van der Waals surface area contributed by atoms with Crippen LogP contribution in [0, 0.1) is 5.95 Å². The molecular formula is C17H12BrFN6. The van der Waals surface area contributed by atoms with Crippen LogP contribution in [-0.2, 0) is 6.42 Å². The molecule has 0 fully saturated rings. The molecule has 0 amide bonds. The van der Waals surface area contributed by atoms with Crippen molar-refractivity contribution in [3.05, 3.63) is 52.8 Å². The fourth-order valence-corrected chi connectivity index (χ4v) is 3.99. The zero-order valence-corrected chi connectivity index (χ0v) is 14.6. The molecule has 0 aliphatic carbocycles. The molecule has 0 saturated carbocycles. The molecule has 1 aromatic carbocycles. The Morgan fingerprint density at radius 1 is 1.24 bits per heavy atom. The number of hydrogen-bond donors (Lipinski definition) is 0. The molecule has 0 unspecified atom stereocenters. The molecule has 0 bridgehead atoms. The highest BCUT2D eigenvalue weighted by Gasteiger charge is 2.24. The maximum atomic E-state index is 13.9. The first-order valence-electron chi connectivity index (χ1n) is 7.92. The van der Waals surface area contributed by atoms with E-state index in [-0.39, 0.29) is 0 Å². The van der Waals surface area contributed by atoms with Crippen LogP contribution in [0.1, 0.15) is 12.0 Å². The number of benzene rings is 1. The highest BCUT2D eigenvalue weighted by atomic mass is 79.9. The second kappa shape index (κ2) is 5.45. The van der Waals surface area contributed by atoms with Crippen LogP contribution in [0.4, 0.5) is 15.9 Å². The summed E-state index contributed by atoms with van der Waals surface area (Å²) in [6.07, 6.45) is 5.05. The molecule has 6 nitrogen and oxygen atoms in total. The van der Waals surface area contributed by atoms with Gasteiger partial charge in [-0.05, 0) is 30.5 Å². The largest absolute Gasteiger partial charge is 0.325 e. The number of fused-ring (bicyclic) bond motifs is 4. The highest BCUT2D eigenvalue weighted by molar-refractivity contribution is 9.10. The summed E-state index contributed by atoms with van der Waals surface area (Å²) in [5.74, 6) is 0.614. The minimum atomic E-state index is -0.533. The van der Waals surface area contributed by atoms with E-state index >= 15 is 0 Å². The third-order valence-electron chi connectivity index (χ3n) is 4.53. The standard InChI is InChI=1S/C17H12BrFN6/c18-12-4-1-5-13-10(12)3-2-6-24(13)16-11-7-15(19)20-8-14(11)25-9-21-23-17(25)22-16/h1,4-5,7-9H,2-3,6H2. The van der Waals surface area contributed by atoms with Crippen LogP contribution in [-0.4, -0.2) is 31.1 Å². The number of aromatic nitrogens is 5. The number of rotatable bonds is 1. The summed E-state index contributed by atoms with van der Waals surface area (Å²) in [6, 6.07) is 7.53. The van der Waals surface area contributed by atoms with Crippen molar-refractivity contribution in [2.75, 3.05) is 11.4 Å². The number of halogens is 2. The molecule has 0 atom stereocenters. The third-order valence-corrected chi connectivity index (χ3v) is 5.28. The monoisotopic (exact) mass is 398 g/mol. The Hall–Kier alpha value is -2.61. The molecule has 8 heteroatoms. The summed E-state index contributed by atoms with van der Waals surface area (Å²) >= 11 is 3.63. The lowest BCUT2D eigenvalue weighted by atomic mass is 10.0. The summed E-state index contributed by atoms with van der Waals surface area (Å²) in [5, 5.41) is 8.67. The van der Waals surface area contributed by atoms with Gasteiger partial charge in [-0.15, -0.1) is 10.2 Å². The molecule has 1 aliphatic heterocycles. The van der Waals surface area contributed by atoms with Crippen molar-refractivity contribution in [1.82, 2.24) is 24.6 Å². The fraction of sp³-hybridized carbons (Fsp3) is 0.176. The van der Waals surface area contributed by atoms with Gasteiger partial charge in [0.25, 0.3) is 5.78 Å². The van der Waals surface area contributed by atoms with Crippen LogP contribution in [0.3, 0.4) is 0 Å². The van der Waals surface area contributed by atoms with E-state index in [0.717, 1.165) is 35.1 Å². The van der Waals surface area contributed by atoms with Crippen LogP contribution in [0.5, 0.6) is 0 Å². The lowest BCUT2D eigenvalue weighted by Gasteiger charge is -2.31. The quantitative estimate of drug-likeness (QED) is 0.458. The third kappa shape index (κ3) is 2.21. The SMILES string of the molecule is Fc1cc2c(N3CCCc4c(Br)cccc43)nc3nncn3c2cn1. The van der Waals surface area contributed by atoms with Crippen molar-refractivity contribution in [1.29, 1.82) is 0 Å². The van der Waals surface area contributed by atoms with E-state index in [4.69, 9.17) is 0 Å². The average Bonchev–Trinajstić information content (AvgIpc) is 3.09. The number of anilines is 2. The van der Waals surface area contributed by atoms with E-state index in [1.165, 1.54) is 17.8 Å². The molecule has 5 rings (SSSR count). The summed E-state index contributed by atoms with van der Waals surface area (Å²) in [5.41, 5.74) is 3.04. The van der Waals surface area contributed by atoms with E-state index < -0.39 is 5.95 Å². The molecule has 124 valence electrons. The molecule has 0 spiro atoms.